The summed E-state index contributed by atoms with van der Waals surface area (Å²) in [6.07, 6.45) is 6.67. The number of likely N-dealkylation sites (N-methyl/N-ethyl adjacent to an activating group) is 1. The molecule has 3 rings (SSSR count). The van der Waals surface area contributed by atoms with Gasteiger partial charge in [-0.1, -0.05) is 0 Å². The zero-order valence-corrected chi connectivity index (χ0v) is 13.4. The molecule has 1 saturated heterocycles. The number of carbonyl (C=O) groups is 1. The molecule has 122 valence electrons. The third-order valence-electron chi connectivity index (χ3n) is 4.46. The third kappa shape index (κ3) is 4.58. The Balaban J connectivity index is 1.54. The SMILES string of the molecule is CN(CC1CC1)C(=O)CN(Cc1ccco1)CC1CCCO1. The zero-order valence-electron chi connectivity index (χ0n) is 13.4. The quantitative estimate of drug-likeness (QED) is 0.738. The lowest BCUT2D eigenvalue weighted by Crippen LogP contribution is -2.41. The molecular formula is C17H26N2O3. The lowest BCUT2D eigenvalue weighted by Gasteiger charge is -2.26. The van der Waals surface area contributed by atoms with Gasteiger partial charge in [-0.2, -0.15) is 0 Å². The number of amides is 1. The molecule has 1 saturated carbocycles. The molecule has 5 nitrogen and oxygen atoms in total. The van der Waals surface area contributed by atoms with Crippen molar-refractivity contribution >= 4 is 5.91 Å². The molecule has 0 aromatic carbocycles. The number of furan rings is 1. The predicted molar refractivity (Wildman–Crippen MR) is 83.3 cm³/mol. The fourth-order valence-electron chi connectivity index (χ4n) is 2.99. The number of carbonyl (C=O) groups excluding carboxylic acids is 1. The first-order valence-electron chi connectivity index (χ1n) is 8.31. The van der Waals surface area contributed by atoms with Crippen LogP contribution in [-0.4, -0.2) is 55.1 Å². The Hall–Kier alpha value is -1.33. The summed E-state index contributed by atoms with van der Waals surface area (Å²) in [5.41, 5.74) is 0. The van der Waals surface area contributed by atoms with Gasteiger partial charge in [-0.15, -0.1) is 0 Å². The van der Waals surface area contributed by atoms with E-state index in [1.165, 1.54) is 12.8 Å². The average molecular weight is 306 g/mol. The minimum atomic E-state index is 0.191. The molecule has 1 atom stereocenters. The highest BCUT2D eigenvalue weighted by Gasteiger charge is 2.27. The first-order valence-corrected chi connectivity index (χ1v) is 8.31. The summed E-state index contributed by atoms with van der Waals surface area (Å²) < 4.78 is 11.2. The molecule has 1 aliphatic heterocycles. The van der Waals surface area contributed by atoms with Gasteiger partial charge in [-0.3, -0.25) is 9.69 Å². The first kappa shape index (κ1) is 15.6. The standard InChI is InChI=1S/C17H26N2O3/c1-18(10-14-6-7-14)17(20)13-19(11-15-4-2-8-21-15)12-16-5-3-9-22-16/h2,4,8,14,16H,3,5-7,9-13H2,1H3. The first-order chi connectivity index (χ1) is 10.7. The summed E-state index contributed by atoms with van der Waals surface area (Å²) in [6.45, 7) is 3.63. The van der Waals surface area contributed by atoms with Crippen LogP contribution in [0.1, 0.15) is 31.4 Å². The van der Waals surface area contributed by atoms with Crippen molar-refractivity contribution in [2.75, 3.05) is 33.3 Å². The van der Waals surface area contributed by atoms with Gasteiger partial charge in [0.1, 0.15) is 5.76 Å². The Morgan fingerprint density at radius 2 is 2.18 bits per heavy atom. The van der Waals surface area contributed by atoms with Gasteiger partial charge in [-0.05, 0) is 43.7 Å². The number of nitrogens with zero attached hydrogens (tertiary/aromatic N) is 2. The van der Waals surface area contributed by atoms with Gasteiger partial charge in [-0.25, -0.2) is 0 Å². The van der Waals surface area contributed by atoms with E-state index in [1.54, 1.807) is 6.26 Å². The van der Waals surface area contributed by atoms with Crippen LogP contribution in [-0.2, 0) is 16.1 Å². The Bertz CT molecular complexity index is 464. The van der Waals surface area contributed by atoms with E-state index in [9.17, 15) is 4.79 Å². The number of hydrogen-bond acceptors (Lipinski definition) is 4. The fraction of sp³-hybridized carbons (Fsp3) is 0.706. The normalized spacial score (nSPS) is 21.5. The van der Waals surface area contributed by atoms with Gasteiger partial charge in [0.25, 0.3) is 0 Å². The molecule has 2 aliphatic rings. The van der Waals surface area contributed by atoms with Gasteiger partial charge < -0.3 is 14.1 Å². The van der Waals surface area contributed by atoms with Crippen molar-refractivity contribution in [3.05, 3.63) is 24.2 Å². The Labute approximate surface area is 132 Å². The van der Waals surface area contributed by atoms with Crippen molar-refractivity contribution in [2.45, 2.75) is 38.3 Å². The third-order valence-corrected chi connectivity index (χ3v) is 4.46. The van der Waals surface area contributed by atoms with Crippen LogP contribution >= 0.6 is 0 Å². The van der Waals surface area contributed by atoms with Gasteiger partial charge in [0.15, 0.2) is 0 Å². The predicted octanol–water partition coefficient (Wildman–Crippen LogP) is 2.13. The Kier molecular flexibility index (Phi) is 5.16. The zero-order chi connectivity index (χ0) is 15.4. The molecule has 0 N–H and O–H groups in total. The molecule has 0 spiro atoms. The number of rotatable bonds is 8. The Morgan fingerprint density at radius 3 is 2.82 bits per heavy atom. The molecule has 2 fully saturated rings. The van der Waals surface area contributed by atoms with E-state index in [1.807, 2.05) is 24.1 Å². The lowest BCUT2D eigenvalue weighted by atomic mass is 10.2. The molecule has 0 radical (unpaired) electrons. The maximum Gasteiger partial charge on any atom is 0.236 e. The summed E-state index contributed by atoms with van der Waals surface area (Å²) in [6, 6.07) is 3.85. The molecule has 2 heterocycles. The maximum absolute atomic E-state index is 12.4. The second-order valence-corrected chi connectivity index (χ2v) is 6.60. The topological polar surface area (TPSA) is 45.9 Å². The minimum Gasteiger partial charge on any atom is -0.468 e. The van der Waals surface area contributed by atoms with E-state index in [-0.39, 0.29) is 12.0 Å². The van der Waals surface area contributed by atoms with Gasteiger partial charge >= 0.3 is 0 Å². The minimum absolute atomic E-state index is 0.191. The highest BCUT2D eigenvalue weighted by Crippen LogP contribution is 2.29. The fourth-order valence-corrected chi connectivity index (χ4v) is 2.99. The number of ether oxygens (including phenoxy) is 1. The van der Waals surface area contributed by atoms with Crippen molar-refractivity contribution in [1.82, 2.24) is 9.80 Å². The molecular weight excluding hydrogens is 280 g/mol. The Morgan fingerprint density at radius 1 is 1.32 bits per heavy atom. The highest BCUT2D eigenvalue weighted by molar-refractivity contribution is 5.78. The van der Waals surface area contributed by atoms with Crippen molar-refractivity contribution < 1.29 is 13.9 Å². The van der Waals surface area contributed by atoms with E-state index in [0.717, 1.165) is 44.2 Å². The highest BCUT2D eigenvalue weighted by atomic mass is 16.5. The summed E-state index contributed by atoms with van der Waals surface area (Å²) in [7, 11) is 1.91. The van der Waals surface area contributed by atoms with Crippen LogP contribution in [0.2, 0.25) is 0 Å². The van der Waals surface area contributed by atoms with Crippen molar-refractivity contribution in [1.29, 1.82) is 0 Å². The van der Waals surface area contributed by atoms with Crippen LogP contribution in [0.25, 0.3) is 0 Å². The maximum atomic E-state index is 12.4. The van der Waals surface area contributed by atoms with Crippen LogP contribution in [0.15, 0.2) is 22.8 Å². The molecule has 0 bridgehead atoms. The largest absolute Gasteiger partial charge is 0.468 e. The van der Waals surface area contributed by atoms with E-state index in [2.05, 4.69) is 4.90 Å². The average Bonchev–Trinajstić information content (AvgIpc) is 2.95. The second-order valence-electron chi connectivity index (χ2n) is 6.60. The van der Waals surface area contributed by atoms with Crippen LogP contribution in [0, 0.1) is 5.92 Å². The molecule has 1 aromatic rings. The molecule has 1 aromatic heterocycles. The van der Waals surface area contributed by atoms with Crippen molar-refractivity contribution in [2.24, 2.45) is 5.92 Å². The van der Waals surface area contributed by atoms with Gasteiger partial charge in [0.05, 0.1) is 25.5 Å². The van der Waals surface area contributed by atoms with Crippen molar-refractivity contribution in [3.63, 3.8) is 0 Å². The molecule has 22 heavy (non-hydrogen) atoms. The second kappa shape index (κ2) is 7.29. The van der Waals surface area contributed by atoms with Crippen LogP contribution < -0.4 is 0 Å². The monoisotopic (exact) mass is 306 g/mol. The molecule has 1 amide bonds. The summed E-state index contributed by atoms with van der Waals surface area (Å²) >= 11 is 0. The molecule has 1 aliphatic carbocycles. The van der Waals surface area contributed by atoms with Crippen LogP contribution in [0.4, 0.5) is 0 Å². The molecule has 1 unspecified atom stereocenters. The van der Waals surface area contributed by atoms with Gasteiger partial charge in [0.2, 0.25) is 5.91 Å². The summed E-state index contributed by atoms with van der Waals surface area (Å²) in [5.74, 6) is 1.82. The smallest absolute Gasteiger partial charge is 0.236 e. The molecule has 5 heteroatoms. The van der Waals surface area contributed by atoms with Crippen molar-refractivity contribution in [3.8, 4) is 0 Å². The van der Waals surface area contributed by atoms with E-state index in [0.29, 0.717) is 13.1 Å². The van der Waals surface area contributed by atoms with E-state index >= 15 is 0 Å². The van der Waals surface area contributed by atoms with E-state index in [4.69, 9.17) is 9.15 Å². The van der Waals surface area contributed by atoms with E-state index < -0.39 is 0 Å². The summed E-state index contributed by atoms with van der Waals surface area (Å²) in [4.78, 5) is 16.5. The van der Waals surface area contributed by atoms with Gasteiger partial charge in [0, 0.05) is 26.7 Å². The van der Waals surface area contributed by atoms with Crippen LogP contribution in [0.5, 0.6) is 0 Å². The summed E-state index contributed by atoms with van der Waals surface area (Å²) in [5, 5.41) is 0. The number of hydrogen-bond donors (Lipinski definition) is 0. The lowest BCUT2D eigenvalue weighted by molar-refractivity contribution is -0.131. The van der Waals surface area contributed by atoms with Crippen LogP contribution in [0.3, 0.4) is 0 Å².